The van der Waals surface area contributed by atoms with Gasteiger partial charge in [0.05, 0.1) is 12.4 Å². The molecule has 1 aromatic rings. The Morgan fingerprint density at radius 1 is 1.53 bits per heavy atom. The molecule has 0 aliphatic carbocycles. The number of carbonyl (C=O) groups is 2. The third-order valence-electron chi connectivity index (χ3n) is 2.28. The summed E-state index contributed by atoms with van der Waals surface area (Å²) in [7, 11) is 1.52. The second kappa shape index (κ2) is 7.65. The Kier molecular flexibility index (Phi) is 6.17. The number of ether oxygens (including phenoxy) is 1. The Morgan fingerprint density at radius 2 is 2.26 bits per heavy atom. The van der Waals surface area contributed by atoms with E-state index in [1.165, 1.54) is 19.5 Å². The Labute approximate surface area is 115 Å². The van der Waals surface area contributed by atoms with Gasteiger partial charge in [-0.15, -0.1) is 0 Å². The van der Waals surface area contributed by atoms with E-state index < -0.39 is 17.9 Å². The molecule has 8 heteroatoms. The Morgan fingerprint density at radius 3 is 2.84 bits per heavy atom. The fourth-order valence-electron chi connectivity index (χ4n) is 1.37. The van der Waals surface area contributed by atoms with E-state index in [1.807, 2.05) is 0 Å². The zero-order chi connectivity index (χ0) is 14.3. The highest BCUT2D eigenvalue weighted by Gasteiger charge is 2.21. The van der Waals surface area contributed by atoms with Crippen LogP contribution in [0.4, 0.5) is 0 Å². The van der Waals surface area contributed by atoms with Crippen LogP contribution >= 0.6 is 11.6 Å². The summed E-state index contributed by atoms with van der Waals surface area (Å²) in [4.78, 5) is 30.3. The zero-order valence-corrected chi connectivity index (χ0v) is 11.1. The second-order valence-electron chi connectivity index (χ2n) is 3.73. The van der Waals surface area contributed by atoms with E-state index in [9.17, 15) is 9.59 Å². The molecule has 0 saturated heterocycles. The van der Waals surface area contributed by atoms with Gasteiger partial charge in [-0.2, -0.15) is 0 Å². The van der Waals surface area contributed by atoms with E-state index in [0.717, 1.165) is 0 Å². The average Bonchev–Trinajstić information content (AvgIpc) is 2.37. The maximum Gasteiger partial charge on any atom is 0.326 e. The number of carboxylic acids is 1. The van der Waals surface area contributed by atoms with E-state index in [1.54, 1.807) is 0 Å². The molecule has 1 unspecified atom stereocenters. The number of halogens is 1. The summed E-state index contributed by atoms with van der Waals surface area (Å²) in [5.41, 5.74) is -0.0227. The molecule has 0 saturated carbocycles. The molecule has 1 atom stereocenters. The largest absolute Gasteiger partial charge is 0.480 e. The van der Waals surface area contributed by atoms with E-state index in [4.69, 9.17) is 21.4 Å². The lowest BCUT2D eigenvalue weighted by Gasteiger charge is -2.13. The van der Waals surface area contributed by atoms with Crippen molar-refractivity contribution >= 4 is 23.5 Å². The summed E-state index contributed by atoms with van der Waals surface area (Å²) in [5, 5.41) is 11.4. The van der Waals surface area contributed by atoms with Gasteiger partial charge in [0, 0.05) is 13.7 Å². The van der Waals surface area contributed by atoms with Crippen LogP contribution in [0.15, 0.2) is 12.4 Å². The van der Waals surface area contributed by atoms with Gasteiger partial charge in [0.25, 0.3) is 5.91 Å². The van der Waals surface area contributed by atoms with E-state index >= 15 is 0 Å². The highest BCUT2D eigenvalue weighted by Crippen LogP contribution is 2.04. The van der Waals surface area contributed by atoms with Crippen molar-refractivity contribution in [1.82, 2.24) is 15.3 Å². The second-order valence-corrected chi connectivity index (χ2v) is 4.11. The number of nitrogens with one attached hydrogen (secondary N) is 1. The molecule has 0 spiro atoms. The van der Waals surface area contributed by atoms with Gasteiger partial charge in [0.2, 0.25) is 0 Å². The van der Waals surface area contributed by atoms with Crippen molar-refractivity contribution in [1.29, 1.82) is 0 Å². The molecule has 0 aromatic carbocycles. The molecule has 0 bridgehead atoms. The summed E-state index contributed by atoms with van der Waals surface area (Å²) in [6, 6.07) is -0.997. The van der Waals surface area contributed by atoms with Gasteiger partial charge < -0.3 is 15.2 Å². The van der Waals surface area contributed by atoms with Crippen molar-refractivity contribution in [2.24, 2.45) is 0 Å². The number of hydrogen-bond donors (Lipinski definition) is 2. The molecule has 0 aliphatic heterocycles. The van der Waals surface area contributed by atoms with Gasteiger partial charge in [-0.05, 0) is 12.8 Å². The molecule has 7 nitrogen and oxygen atoms in total. The summed E-state index contributed by atoms with van der Waals surface area (Å²) >= 11 is 5.60. The van der Waals surface area contributed by atoms with E-state index in [2.05, 4.69) is 15.3 Å². The molecule has 0 radical (unpaired) electrons. The first-order valence-electron chi connectivity index (χ1n) is 5.54. The van der Waals surface area contributed by atoms with Crippen molar-refractivity contribution in [3.63, 3.8) is 0 Å². The number of aromatic nitrogens is 2. The molecule has 0 fully saturated rings. The van der Waals surface area contributed by atoms with Gasteiger partial charge in [0.1, 0.15) is 16.9 Å². The lowest BCUT2D eigenvalue weighted by Crippen LogP contribution is -2.41. The number of methoxy groups -OCH3 is 1. The monoisotopic (exact) mass is 287 g/mol. The maximum absolute atomic E-state index is 11.8. The quantitative estimate of drug-likeness (QED) is 0.717. The fourth-order valence-corrected chi connectivity index (χ4v) is 1.52. The molecule has 19 heavy (non-hydrogen) atoms. The first kappa shape index (κ1) is 15.3. The SMILES string of the molecule is COCCCC(NC(=O)c1cncc(Cl)n1)C(=O)O. The molecule has 2 N–H and O–H groups in total. The Bertz CT molecular complexity index is 455. The minimum atomic E-state index is -1.11. The van der Waals surface area contributed by atoms with Gasteiger partial charge in [-0.3, -0.25) is 9.78 Å². The van der Waals surface area contributed by atoms with Crippen molar-refractivity contribution < 1.29 is 19.4 Å². The number of carbonyl (C=O) groups excluding carboxylic acids is 1. The van der Waals surface area contributed by atoms with Crippen LogP contribution in [-0.2, 0) is 9.53 Å². The number of nitrogens with zero attached hydrogens (tertiary/aromatic N) is 2. The predicted octanol–water partition coefficient (Wildman–Crippen LogP) is 0.740. The average molecular weight is 288 g/mol. The van der Waals surface area contributed by atoms with Crippen LogP contribution in [0.5, 0.6) is 0 Å². The molecule has 1 amide bonds. The van der Waals surface area contributed by atoms with Crippen LogP contribution in [0, 0.1) is 0 Å². The number of rotatable bonds is 7. The molecule has 0 aliphatic rings. The third-order valence-corrected chi connectivity index (χ3v) is 2.46. The van der Waals surface area contributed by atoms with Crippen molar-refractivity contribution in [2.75, 3.05) is 13.7 Å². The van der Waals surface area contributed by atoms with Crippen molar-refractivity contribution in [2.45, 2.75) is 18.9 Å². The van der Waals surface area contributed by atoms with E-state index in [-0.39, 0.29) is 17.3 Å². The third kappa shape index (κ3) is 5.19. The molecular weight excluding hydrogens is 274 g/mol. The lowest BCUT2D eigenvalue weighted by atomic mass is 10.1. The first-order valence-corrected chi connectivity index (χ1v) is 5.92. The molecule has 1 aromatic heterocycles. The maximum atomic E-state index is 11.8. The number of carboxylic acid groups (broad SMARTS) is 1. The summed E-state index contributed by atoms with van der Waals surface area (Å²) < 4.78 is 4.83. The summed E-state index contributed by atoms with van der Waals surface area (Å²) in [5.74, 6) is -1.74. The standard InChI is InChI=1S/C11H14ClN3O4/c1-19-4-2-3-7(11(17)18)15-10(16)8-5-13-6-9(12)14-8/h5-7H,2-4H2,1H3,(H,15,16)(H,17,18). The summed E-state index contributed by atoms with van der Waals surface area (Å²) in [6.07, 6.45) is 3.29. The van der Waals surface area contributed by atoms with Gasteiger partial charge in [-0.25, -0.2) is 9.78 Å². The zero-order valence-electron chi connectivity index (χ0n) is 10.3. The van der Waals surface area contributed by atoms with Crippen LogP contribution < -0.4 is 5.32 Å². The smallest absolute Gasteiger partial charge is 0.326 e. The van der Waals surface area contributed by atoms with Crippen LogP contribution in [0.1, 0.15) is 23.3 Å². The lowest BCUT2D eigenvalue weighted by molar-refractivity contribution is -0.139. The van der Waals surface area contributed by atoms with Crippen LogP contribution in [0.2, 0.25) is 5.15 Å². The highest BCUT2D eigenvalue weighted by atomic mass is 35.5. The highest BCUT2D eigenvalue weighted by molar-refractivity contribution is 6.29. The first-order chi connectivity index (χ1) is 9.04. The fraction of sp³-hybridized carbons (Fsp3) is 0.455. The summed E-state index contributed by atoms with van der Waals surface area (Å²) in [6.45, 7) is 0.427. The minimum Gasteiger partial charge on any atom is -0.480 e. The van der Waals surface area contributed by atoms with Crippen LogP contribution in [0.25, 0.3) is 0 Å². The Hall–Kier alpha value is -1.73. The number of aliphatic carboxylic acids is 1. The van der Waals surface area contributed by atoms with Gasteiger partial charge >= 0.3 is 5.97 Å². The molecule has 1 heterocycles. The van der Waals surface area contributed by atoms with E-state index in [0.29, 0.717) is 13.0 Å². The predicted molar refractivity (Wildman–Crippen MR) is 67.0 cm³/mol. The van der Waals surface area contributed by atoms with Crippen molar-refractivity contribution in [3.05, 3.63) is 23.2 Å². The van der Waals surface area contributed by atoms with Crippen LogP contribution in [-0.4, -0.2) is 46.7 Å². The van der Waals surface area contributed by atoms with Crippen molar-refractivity contribution in [3.8, 4) is 0 Å². The Balaban J connectivity index is 2.63. The van der Waals surface area contributed by atoms with Gasteiger partial charge in [0.15, 0.2) is 0 Å². The topological polar surface area (TPSA) is 101 Å². The van der Waals surface area contributed by atoms with Crippen LogP contribution in [0.3, 0.4) is 0 Å². The molecule has 104 valence electrons. The number of amides is 1. The normalized spacial score (nSPS) is 11.9. The minimum absolute atomic E-state index is 0.0227. The number of hydrogen-bond acceptors (Lipinski definition) is 5. The molecular formula is C11H14ClN3O4. The molecule has 1 rings (SSSR count). The van der Waals surface area contributed by atoms with Gasteiger partial charge in [-0.1, -0.05) is 11.6 Å².